The molecule has 0 aliphatic heterocycles. The molecule has 0 heterocycles. The first-order valence-corrected chi connectivity index (χ1v) is 4.94. The number of carbonyl (C=O) groups is 2. The molecule has 0 unspecified atom stereocenters. The SMILES string of the molecule is CN(/C=C(/C#N)C(=O)NCCC(=O)O)CCO. The number of amides is 1. The van der Waals surface area contributed by atoms with Crippen molar-refractivity contribution in [3.05, 3.63) is 11.8 Å². The highest BCUT2D eigenvalue weighted by atomic mass is 16.4. The molecule has 17 heavy (non-hydrogen) atoms. The predicted molar refractivity (Wildman–Crippen MR) is 58.7 cm³/mol. The number of aliphatic hydroxyl groups excluding tert-OH is 1. The van der Waals surface area contributed by atoms with Gasteiger partial charge in [-0.25, -0.2) is 0 Å². The first-order valence-electron chi connectivity index (χ1n) is 4.94. The third-order valence-electron chi connectivity index (χ3n) is 1.79. The number of nitrogens with zero attached hydrogens (tertiary/aromatic N) is 2. The lowest BCUT2D eigenvalue weighted by atomic mass is 10.3. The second-order valence-electron chi connectivity index (χ2n) is 3.26. The number of carbonyl (C=O) groups excluding carboxylic acids is 1. The molecule has 0 saturated heterocycles. The second kappa shape index (κ2) is 8.13. The first kappa shape index (κ1) is 14.9. The van der Waals surface area contributed by atoms with E-state index in [0.717, 1.165) is 0 Å². The molecule has 0 bridgehead atoms. The van der Waals surface area contributed by atoms with Crippen LogP contribution in [-0.4, -0.2) is 53.7 Å². The van der Waals surface area contributed by atoms with Gasteiger partial charge in [-0.3, -0.25) is 9.59 Å². The number of rotatable bonds is 7. The maximum atomic E-state index is 11.4. The van der Waals surface area contributed by atoms with Gasteiger partial charge in [0.05, 0.1) is 13.0 Å². The average Bonchev–Trinajstić information content (AvgIpc) is 2.25. The van der Waals surface area contributed by atoms with Gasteiger partial charge in [-0.1, -0.05) is 0 Å². The Kier molecular flexibility index (Phi) is 7.14. The Labute approximate surface area is 98.9 Å². The van der Waals surface area contributed by atoms with Crippen LogP contribution in [0.5, 0.6) is 0 Å². The largest absolute Gasteiger partial charge is 0.481 e. The molecule has 3 N–H and O–H groups in total. The second-order valence-corrected chi connectivity index (χ2v) is 3.26. The van der Waals surface area contributed by atoms with Crippen molar-refractivity contribution in [2.75, 3.05) is 26.7 Å². The molecule has 0 fully saturated rings. The summed E-state index contributed by atoms with van der Waals surface area (Å²) in [5, 5.41) is 28.1. The van der Waals surface area contributed by atoms with Gasteiger partial charge in [0, 0.05) is 26.3 Å². The van der Waals surface area contributed by atoms with Crippen molar-refractivity contribution >= 4 is 11.9 Å². The summed E-state index contributed by atoms with van der Waals surface area (Å²) in [5.74, 6) is -1.65. The van der Waals surface area contributed by atoms with E-state index < -0.39 is 11.9 Å². The standard InChI is InChI=1S/C10H15N3O4/c1-13(4-5-14)7-8(6-11)10(17)12-3-2-9(15)16/h7,14H,2-5H2,1H3,(H,12,17)(H,15,16)/b8-7-. The van der Waals surface area contributed by atoms with Crippen LogP contribution in [0.15, 0.2) is 11.8 Å². The fourth-order valence-corrected chi connectivity index (χ4v) is 0.959. The smallest absolute Gasteiger partial charge is 0.305 e. The van der Waals surface area contributed by atoms with E-state index in [9.17, 15) is 9.59 Å². The molecule has 0 rings (SSSR count). The van der Waals surface area contributed by atoms with Crippen LogP contribution in [0, 0.1) is 11.3 Å². The Hall–Kier alpha value is -2.07. The van der Waals surface area contributed by atoms with Crippen molar-refractivity contribution < 1.29 is 19.8 Å². The van der Waals surface area contributed by atoms with Crippen molar-refractivity contribution in [1.82, 2.24) is 10.2 Å². The zero-order valence-corrected chi connectivity index (χ0v) is 9.51. The van der Waals surface area contributed by atoms with Gasteiger partial charge in [-0.2, -0.15) is 5.26 Å². The summed E-state index contributed by atoms with van der Waals surface area (Å²) in [6, 6.07) is 1.71. The molecule has 0 aliphatic rings. The molecule has 0 aliphatic carbocycles. The van der Waals surface area contributed by atoms with Crippen LogP contribution in [0.3, 0.4) is 0 Å². The summed E-state index contributed by atoms with van der Waals surface area (Å²) >= 11 is 0. The van der Waals surface area contributed by atoms with Gasteiger partial charge in [0.1, 0.15) is 11.6 Å². The first-order chi connectivity index (χ1) is 8.01. The highest BCUT2D eigenvalue weighted by molar-refractivity contribution is 5.97. The minimum Gasteiger partial charge on any atom is -0.481 e. The van der Waals surface area contributed by atoms with Gasteiger partial charge in [0.2, 0.25) is 0 Å². The third-order valence-corrected chi connectivity index (χ3v) is 1.79. The molecule has 0 radical (unpaired) electrons. The fraction of sp³-hybridized carbons (Fsp3) is 0.500. The Bertz CT molecular complexity index is 346. The van der Waals surface area contributed by atoms with E-state index in [2.05, 4.69) is 5.32 Å². The number of aliphatic hydroxyl groups is 1. The van der Waals surface area contributed by atoms with Crippen molar-refractivity contribution in [3.8, 4) is 6.07 Å². The highest BCUT2D eigenvalue weighted by Gasteiger charge is 2.09. The van der Waals surface area contributed by atoms with Gasteiger partial charge >= 0.3 is 5.97 Å². The van der Waals surface area contributed by atoms with E-state index in [1.807, 2.05) is 0 Å². The van der Waals surface area contributed by atoms with Gasteiger partial charge in [0.25, 0.3) is 5.91 Å². The summed E-state index contributed by atoms with van der Waals surface area (Å²) in [7, 11) is 1.61. The van der Waals surface area contributed by atoms with Crippen LogP contribution in [0.1, 0.15) is 6.42 Å². The Morgan fingerprint density at radius 1 is 1.53 bits per heavy atom. The van der Waals surface area contributed by atoms with Crippen LogP contribution in [0.25, 0.3) is 0 Å². The summed E-state index contributed by atoms with van der Waals surface area (Å²) in [4.78, 5) is 23.1. The summed E-state index contributed by atoms with van der Waals surface area (Å²) in [6.45, 7) is 0.177. The zero-order valence-electron chi connectivity index (χ0n) is 9.51. The molecule has 94 valence electrons. The zero-order chi connectivity index (χ0) is 13.3. The number of aliphatic carboxylic acids is 1. The highest BCUT2D eigenvalue weighted by Crippen LogP contribution is 1.95. The lowest BCUT2D eigenvalue weighted by molar-refractivity contribution is -0.136. The van der Waals surface area contributed by atoms with E-state index in [1.54, 1.807) is 13.1 Å². The maximum absolute atomic E-state index is 11.4. The molecule has 7 nitrogen and oxygen atoms in total. The molecule has 0 aromatic carbocycles. The number of hydrogen-bond acceptors (Lipinski definition) is 5. The van der Waals surface area contributed by atoms with Crippen molar-refractivity contribution in [3.63, 3.8) is 0 Å². The van der Waals surface area contributed by atoms with Gasteiger partial charge in [-0.05, 0) is 0 Å². The molecule has 0 saturated carbocycles. The van der Waals surface area contributed by atoms with Gasteiger partial charge in [0.15, 0.2) is 0 Å². The summed E-state index contributed by atoms with van der Waals surface area (Å²) < 4.78 is 0. The number of carboxylic acid groups (broad SMARTS) is 1. The Morgan fingerprint density at radius 2 is 2.18 bits per heavy atom. The molecule has 0 atom stereocenters. The van der Waals surface area contributed by atoms with Crippen molar-refractivity contribution in [1.29, 1.82) is 5.26 Å². The van der Waals surface area contributed by atoms with Gasteiger partial charge in [-0.15, -0.1) is 0 Å². The van der Waals surface area contributed by atoms with E-state index in [1.165, 1.54) is 11.1 Å². The Morgan fingerprint density at radius 3 is 2.65 bits per heavy atom. The normalized spacial score (nSPS) is 10.5. The van der Waals surface area contributed by atoms with E-state index >= 15 is 0 Å². The van der Waals surface area contributed by atoms with E-state index in [0.29, 0.717) is 6.54 Å². The number of hydrogen-bond donors (Lipinski definition) is 3. The summed E-state index contributed by atoms with van der Waals surface area (Å²) in [5.41, 5.74) is -0.133. The van der Waals surface area contributed by atoms with Crippen LogP contribution in [0.2, 0.25) is 0 Å². The minimum atomic E-state index is -1.02. The number of nitriles is 1. The maximum Gasteiger partial charge on any atom is 0.305 e. The monoisotopic (exact) mass is 241 g/mol. The molecule has 1 amide bonds. The Balaban J connectivity index is 4.31. The van der Waals surface area contributed by atoms with Crippen molar-refractivity contribution in [2.45, 2.75) is 6.42 Å². The molecular formula is C10H15N3O4. The third kappa shape index (κ3) is 6.92. The minimum absolute atomic E-state index is 0.0309. The van der Waals surface area contributed by atoms with Crippen LogP contribution >= 0.6 is 0 Å². The van der Waals surface area contributed by atoms with Crippen LogP contribution < -0.4 is 5.32 Å². The van der Waals surface area contributed by atoms with E-state index in [4.69, 9.17) is 15.5 Å². The lowest BCUT2D eigenvalue weighted by Gasteiger charge is -2.12. The molecule has 0 spiro atoms. The average molecular weight is 241 g/mol. The molecule has 7 heteroatoms. The number of carboxylic acids is 1. The molecular weight excluding hydrogens is 226 g/mol. The molecule has 0 aromatic heterocycles. The number of nitrogens with one attached hydrogen (secondary N) is 1. The quantitative estimate of drug-likeness (QED) is 0.385. The van der Waals surface area contributed by atoms with E-state index in [-0.39, 0.29) is 25.1 Å². The topological polar surface area (TPSA) is 114 Å². The van der Waals surface area contributed by atoms with Gasteiger partial charge < -0.3 is 20.4 Å². The van der Waals surface area contributed by atoms with Crippen LogP contribution in [0.4, 0.5) is 0 Å². The lowest BCUT2D eigenvalue weighted by Crippen LogP contribution is -2.28. The predicted octanol–water partition coefficient (Wildman–Crippen LogP) is -1.09. The summed E-state index contributed by atoms with van der Waals surface area (Å²) in [6.07, 6.45) is 1.10. The van der Waals surface area contributed by atoms with Crippen molar-refractivity contribution in [2.24, 2.45) is 0 Å². The fourth-order valence-electron chi connectivity index (χ4n) is 0.959. The molecule has 0 aromatic rings. The van der Waals surface area contributed by atoms with Crippen LogP contribution in [-0.2, 0) is 9.59 Å². The number of likely N-dealkylation sites (N-methyl/N-ethyl adjacent to an activating group) is 1.